The Morgan fingerprint density at radius 3 is 2.70 bits per heavy atom. The highest BCUT2D eigenvalue weighted by molar-refractivity contribution is 6.38. The molecule has 0 spiro atoms. The fourth-order valence-corrected chi connectivity index (χ4v) is 3.27. The van der Waals surface area contributed by atoms with E-state index in [0.29, 0.717) is 32.5 Å². The first kappa shape index (κ1) is 17.6. The lowest BCUT2D eigenvalue weighted by Crippen LogP contribution is -2.21. The molecule has 4 rings (SSSR count). The van der Waals surface area contributed by atoms with Gasteiger partial charge in [0.15, 0.2) is 0 Å². The van der Waals surface area contributed by atoms with Crippen LogP contribution in [0.3, 0.4) is 0 Å². The van der Waals surface area contributed by atoms with Gasteiger partial charge in [-0.15, -0.1) is 0 Å². The number of aromatic nitrogens is 3. The zero-order valence-electron chi connectivity index (χ0n) is 14.1. The zero-order valence-corrected chi connectivity index (χ0v) is 15.7. The molecule has 0 saturated carbocycles. The van der Waals surface area contributed by atoms with Crippen LogP contribution in [0.15, 0.2) is 58.2 Å². The standard InChI is InChI=1S/C19H13Cl2N3O3/c1-26-14-4-2-11(3-5-14)18-23-13(9-27-18)8-24-10-22-17-15(19(24)25)6-12(20)7-16(17)21/h2-7,9-10H,8H2,1H3. The van der Waals surface area contributed by atoms with Crippen LogP contribution in [0.5, 0.6) is 5.75 Å². The van der Waals surface area contributed by atoms with Gasteiger partial charge in [-0.3, -0.25) is 9.36 Å². The number of hydrogen-bond donors (Lipinski definition) is 0. The summed E-state index contributed by atoms with van der Waals surface area (Å²) < 4.78 is 12.1. The number of ether oxygens (including phenoxy) is 1. The Morgan fingerprint density at radius 1 is 1.19 bits per heavy atom. The number of fused-ring (bicyclic) bond motifs is 1. The molecule has 0 atom stereocenters. The molecule has 27 heavy (non-hydrogen) atoms. The van der Waals surface area contributed by atoms with E-state index in [2.05, 4.69) is 9.97 Å². The molecule has 0 fully saturated rings. The second-order valence-electron chi connectivity index (χ2n) is 5.83. The molecular formula is C19H13Cl2N3O3. The molecule has 2 aromatic carbocycles. The minimum absolute atomic E-state index is 0.214. The SMILES string of the molecule is COc1ccc(-c2nc(Cn3cnc4c(Cl)cc(Cl)cc4c3=O)co2)cc1. The maximum absolute atomic E-state index is 12.7. The Labute approximate surface area is 164 Å². The lowest BCUT2D eigenvalue weighted by atomic mass is 10.2. The molecule has 0 bridgehead atoms. The van der Waals surface area contributed by atoms with Crippen LogP contribution in [0.2, 0.25) is 10.0 Å². The van der Waals surface area contributed by atoms with Crippen molar-refractivity contribution in [1.82, 2.24) is 14.5 Å². The third kappa shape index (κ3) is 3.41. The van der Waals surface area contributed by atoms with E-state index < -0.39 is 0 Å². The molecule has 0 amide bonds. The van der Waals surface area contributed by atoms with Gasteiger partial charge in [0.05, 0.1) is 41.6 Å². The summed E-state index contributed by atoms with van der Waals surface area (Å²) in [4.78, 5) is 21.4. The Kier molecular flexibility index (Phi) is 4.59. The van der Waals surface area contributed by atoms with E-state index in [0.717, 1.165) is 11.3 Å². The Balaban J connectivity index is 1.66. The van der Waals surface area contributed by atoms with Crippen LogP contribution in [0, 0.1) is 0 Å². The number of nitrogens with zero attached hydrogens (tertiary/aromatic N) is 3. The molecule has 0 saturated heterocycles. The second kappa shape index (κ2) is 7.06. The van der Waals surface area contributed by atoms with E-state index in [1.807, 2.05) is 24.3 Å². The summed E-state index contributed by atoms with van der Waals surface area (Å²) in [5.74, 6) is 1.21. The van der Waals surface area contributed by atoms with Crippen LogP contribution >= 0.6 is 23.2 Å². The maximum Gasteiger partial charge on any atom is 0.261 e. The summed E-state index contributed by atoms with van der Waals surface area (Å²) in [7, 11) is 1.61. The average molecular weight is 402 g/mol. The highest BCUT2D eigenvalue weighted by atomic mass is 35.5. The van der Waals surface area contributed by atoms with Crippen LogP contribution in [0.4, 0.5) is 0 Å². The van der Waals surface area contributed by atoms with Gasteiger partial charge in [-0.25, -0.2) is 9.97 Å². The van der Waals surface area contributed by atoms with Crippen molar-refractivity contribution in [3.05, 3.63) is 75.1 Å². The molecule has 0 radical (unpaired) electrons. The van der Waals surface area contributed by atoms with Crippen LogP contribution in [-0.2, 0) is 6.54 Å². The number of methoxy groups -OCH3 is 1. The summed E-state index contributed by atoms with van der Waals surface area (Å²) in [5, 5.41) is 1.08. The van der Waals surface area contributed by atoms with Crippen molar-refractivity contribution in [3.63, 3.8) is 0 Å². The summed E-state index contributed by atoms with van der Waals surface area (Å²) in [6.07, 6.45) is 2.95. The van der Waals surface area contributed by atoms with Crippen molar-refractivity contribution >= 4 is 34.1 Å². The van der Waals surface area contributed by atoms with Crippen LogP contribution in [0.25, 0.3) is 22.4 Å². The highest BCUT2D eigenvalue weighted by Gasteiger charge is 2.12. The molecule has 6 nitrogen and oxygen atoms in total. The van der Waals surface area contributed by atoms with E-state index in [1.54, 1.807) is 19.2 Å². The molecule has 0 aliphatic carbocycles. The molecule has 0 unspecified atom stereocenters. The van der Waals surface area contributed by atoms with Crippen molar-refractivity contribution in [2.24, 2.45) is 0 Å². The average Bonchev–Trinajstić information content (AvgIpc) is 3.13. The van der Waals surface area contributed by atoms with Crippen LogP contribution in [-0.4, -0.2) is 21.6 Å². The molecule has 0 aliphatic heterocycles. The molecule has 8 heteroatoms. The van der Waals surface area contributed by atoms with Gasteiger partial charge in [-0.2, -0.15) is 0 Å². The van der Waals surface area contributed by atoms with Crippen molar-refractivity contribution < 1.29 is 9.15 Å². The predicted molar refractivity (Wildman–Crippen MR) is 104 cm³/mol. The van der Waals surface area contributed by atoms with E-state index in [4.69, 9.17) is 32.4 Å². The van der Waals surface area contributed by atoms with Gasteiger partial charge in [-0.05, 0) is 36.4 Å². The first-order valence-corrected chi connectivity index (χ1v) is 8.74. The number of rotatable bonds is 4. The largest absolute Gasteiger partial charge is 0.497 e. The van der Waals surface area contributed by atoms with E-state index in [-0.39, 0.29) is 12.1 Å². The smallest absolute Gasteiger partial charge is 0.261 e. The van der Waals surface area contributed by atoms with E-state index >= 15 is 0 Å². The number of benzene rings is 2. The summed E-state index contributed by atoms with van der Waals surface area (Å²) >= 11 is 12.1. The van der Waals surface area contributed by atoms with Gasteiger partial charge in [0, 0.05) is 10.6 Å². The Bertz CT molecular complexity index is 1180. The van der Waals surface area contributed by atoms with Crippen molar-refractivity contribution in [1.29, 1.82) is 0 Å². The Hall–Kier alpha value is -2.83. The van der Waals surface area contributed by atoms with E-state index in [1.165, 1.54) is 17.2 Å². The Morgan fingerprint density at radius 2 is 1.96 bits per heavy atom. The van der Waals surface area contributed by atoms with Gasteiger partial charge in [-0.1, -0.05) is 23.2 Å². The van der Waals surface area contributed by atoms with Gasteiger partial charge in [0.2, 0.25) is 5.89 Å². The van der Waals surface area contributed by atoms with E-state index in [9.17, 15) is 4.79 Å². The fraction of sp³-hybridized carbons (Fsp3) is 0.105. The number of oxazole rings is 1. The summed E-state index contributed by atoms with van der Waals surface area (Å²) in [6.45, 7) is 0.214. The quantitative estimate of drug-likeness (QED) is 0.506. The van der Waals surface area contributed by atoms with Gasteiger partial charge >= 0.3 is 0 Å². The third-order valence-electron chi connectivity index (χ3n) is 4.07. The van der Waals surface area contributed by atoms with Crippen molar-refractivity contribution in [2.75, 3.05) is 7.11 Å². The van der Waals surface area contributed by atoms with Crippen LogP contribution in [0.1, 0.15) is 5.69 Å². The minimum Gasteiger partial charge on any atom is -0.497 e. The van der Waals surface area contributed by atoms with Gasteiger partial charge in [0.1, 0.15) is 12.0 Å². The minimum atomic E-state index is -0.251. The first-order chi connectivity index (χ1) is 13.0. The number of hydrogen-bond acceptors (Lipinski definition) is 5. The zero-order chi connectivity index (χ0) is 19.0. The third-order valence-corrected chi connectivity index (χ3v) is 4.57. The normalized spacial score (nSPS) is 11.1. The molecule has 2 aromatic heterocycles. The second-order valence-corrected chi connectivity index (χ2v) is 6.68. The lowest BCUT2D eigenvalue weighted by molar-refractivity contribution is 0.415. The molecule has 0 N–H and O–H groups in total. The molecule has 136 valence electrons. The topological polar surface area (TPSA) is 70.2 Å². The highest BCUT2D eigenvalue weighted by Crippen LogP contribution is 2.24. The van der Waals surface area contributed by atoms with Crippen molar-refractivity contribution in [2.45, 2.75) is 6.54 Å². The monoisotopic (exact) mass is 401 g/mol. The maximum atomic E-state index is 12.7. The number of halogens is 2. The van der Waals surface area contributed by atoms with Crippen LogP contribution < -0.4 is 10.3 Å². The predicted octanol–water partition coefficient (Wildman–Crippen LogP) is 4.42. The van der Waals surface area contributed by atoms with Crippen molar-refractivity contribution in [3.8, 4) is 17.2 Å². The summed E-state index contributed by atoms with van der Waals surface area (Å²) in [5.41, 5.74) is 1.57. The van der Waals surface area contributed by atoms with Gasteiger partial charge < -0.3 is 9.15 Å². The molecule has 2 heterocycles. The fourth-order valence-electron chi connectivity index (χ4n) is 2.73. The summed E-state index contributed by atoms with van der Waals surface area (Å²) in [6, 6.07) is 10.5. The molecule has 0 aliphatic rings. The lowest BCUT2D eigenvalue weighted by Gasteiger charge is -2.06. The molecular weight excluding hydrogens is 389 g/mol. The molecule has 4 aromatic rings. The first-order valence-electron chi connectivity index (χ1n) is 7.98. The van der Waals surface area contributed by atoms with Gasteiger partial charge in [0.25, 0.3) is 5.56 Å².